The number of aromatic nitrogens is 2. The minimum Gasteiger partial charge on any atom is -0.338 e. The third-order valence-corrected chi connectivity index (χ3v) is 7.05. The van der Waals surface area contributed by atoms with Crippen molar-refractivity contribution in [2.75, 3.05) is 13.6 Å². The van der Waals surface area contributed by atoms with Gasteiger partial charge in [-0.15, -0.1) is 11.8 Å². The van der Waals surface area contributed by atoms with Crippen molar-refractivity contribution in [1.29, 1.82) is 0 Å². The Morgan fingerprint density at radius 2 is 1.94 bits per heavy atom. The highest BCUT2D eigenvalue weighted by atomic mass is 35.5. The second kappa shape index (κ2) is 10.0. The molecule has 0 saturated carbocycles. The maximum atomic E-state index is 13.4. The monoisotopic (exact) mass is 474 g/mol. The maximum absolute atomic E-state index is 13.4. The molecule has 0 aliphatic carbocycles. The molecular weight excluding hydrogens is 451 g/mol. The van der Waals surface area contributed by atoms with E-state index in [2.05, 4.69) is 15.2 Å². The van der Waals surface area contributed by atoms with Crippen molar-refractivity contribution < 1.29 is 13.8 Å². The Balaban J connectivity index is 1.50. The molecule has 2 atom stereocenters. The van der Waals surface area contributed by atoms with Crippen LogP contribution in [-0.2, 0) is 17.9 Å². The van der Waals surface area contributed by atoms with Crippen LogP contribution >= 0.6 is 23.4 Å². The van der Waals surface area contributed by atoms with Gasteiger partial charge in [0.05, 0.1) is 12.6 Å². The second-order valence-corrected chi connectivity index (χ2v) is 9.80. The molecule has 0 spiro atoms. The Labute approximate surface area is 195 Å². The number of carbonyl (C=O) groups is 1. The zero-order valence-electron chi connectivity index (χ0n) is 17.9. The number of rotatable bonds is 7. The van der Waals surface area contributed by atoms with Gasteiger partial charge in [-0.25, -0.2) is 9.02 Å². The first-order valence-corrected chi connectivity index (χ1v) is 11.6. The van der Waals surface area contributed by atoms with Gasteiger partial charge in [-0.3, -0.25) is 9.69 Å². The van der Waals surface area contributed by atoms with Gasteiger partial charge in [0.25, 0.3) is 0 Å². The van der Waals surface area contributed by atoms with Gasteiger partial charge in [0, 0.05) is 35.3 Å². The lowest BCUT2D eigenvalue weighted by Gasteiger charge is -2.27. The SMILES string of the molecule is Cc1nonc1CN(C)C(=O)[C@@H]1C[C@@H](Sc2ccc(F)cc2)CN1Cc1ccc(Cl)cc1. The first-order valence-electron chi connectivity index (χ1n) is 10.3. The number of hydrogen-bond acceptors (Lipinski definition) is 6. The van der Waals surface area contributed by atoms with Crippen molar-refractivity contribution in [3.05, 3.63) is 76.3 Å². The lowest BCUT2D eigenvalue weighted by Crippen LogP contribution is -2.43. The number of hydrogen-bond donors (Lipinski definition) is 0. The van der Waals surface area contributed by atoms with Gasteiger partial charge in [0.1, 0.15) is 17.2 Å². The van der Waals surface area contributed by atoms with Crippen LogP contribution in [0, 0.1) is 12.7 Å². The van der Waals surface area contributed by atoms with Crippen LogP contribution in [0.4, 0.5) is 4.39 Å². The molecule has 1 aliphatic heterocycles. The van der Waals surface area contributed by atoms with Crippen molar-refractivity contribution in [3.63, 3.8) is 0 Å². The van der Waals surface area contributed by atoms with E-state index in [0.717, 1.165) is 17.0 Å². The van der Waals surface area contributed by atoms with Crippen LogP contribution in [0.15, 0.2) is 58.1 Å². The molecule has 0 N–H and O–H groups in total. The summed E-state index contributed by atoms with van der Waals surface area (Å²) in [6.07, 6.45) is 0.703. The van der Waals surface area contributed by atoms with Crippen molar-refractivity contribution in [2.45, 2.75) is 42.6 Å². The van der Waals surface area contributed by atoms with Crippen molar-refractivity contribution in [3.8, 4) is 0 Å². The standard InChI is InChI=1S/C23H24ClFN4O2S/c1-15-21(27-31-26-15)14-28(2)23(30)22-11-20(32-19-9-7-18(25)8-10-19)13-29(22)12-16-3-5-17(24)6-4-16/h3-10,20,22H,11-14H2,1-2H3/t20-,22+/m1/s1. The molecule has 0 radical (unpaired) electrons. The van der Waals surface area contributed by atoms with Crippen LogP contribution in [0.25, 0.3) is 0 Å². The van der Waals surface area contributed by atoms with E-state index < -0.39 is 0 Å². The van der Waals surface area contributed by atoms with E-state index in [-0.39, 0.29) is 23.0 Å². The van der Waals surface area contributed by atoms with Crippen molar-refractivity contribution >= 4 is 29.3 Å². The minimum atomic E-state index is -0.270. The quantitative estimate of drug-likeness (QED) is 0.500. The Morgan fingerprint density at radius 3 is 2.59 bits per heavy atom. The lowest BCUT2D eigenvalue weighted by atomic mass is 10.1. The third-order valence-electron chi connectivity index (χ3n) is 5.58. The summed E-state index contributed by atoms with van der Waals surface area (Å²) < 4.78 is 18.0. The summed E-state index contributed by atoms with van der Waals surface area (Å²) in [5.74, 6) is -0.221. The molecule has 2 aromatic carbocycles. The van der Waals surface area contributed by atoms with E-state index in [1.54, 1.807) is 35.8 Å². The Hall–Kier alpha value is -2.42. The van der Waals surface area contributed by atoms with Gasteiger partial charge in [0.15, 0.2) is 0 Å². The fourth-order valence-electron chi connectivity index (χ4n) is 3.86. The van der Waals surface area contributed by atoms with Crippen LogP contribution in [0.1, 0.15) is 23.4 Å². The summed E-state index contributed by atoms with van der Waals surface area (Å²) in [4.78, 5) is 18.3. The number of benzene rings is 2. The van der Waals surface area contributed by atoms with E-state index in [9.17, 15) is 9.18 Å². The molecule has 6 nitrogen and oxygen atoms in total. The van der Waals surface area contributed by atoms with Gasteiger partial charge in [-0.2, -0.15) is 0 Å². The molecule has 1 fully saturated rings. The number of likely N-dealkylation sites (tertiary alicyclic amines) is 1. The summed E-state index contributed by atoms with van der Waals surface area (Å²) in [6, 6.07) is 13.9. The number of halogens is 2. The predicted molar refractivity (Wildman–Crippen MR) is 122 cm³/mol. The van der Waals surface area contributed by atoms with Crippen molar-refractivity contribution in [1.82, 2.24) is 20.1 Å². The topological polar surface area (TPSA) is 62.5 Å². The fraction of sp³-hybridized carbons (Fsp3) is 0.348. The van der Waals surface area contributed by atoms with Crippen LogP contribution in [-0.4, -0.2) is 50.9 Å². The van der Waals surface area contributed by atoms with Crippen molar-refractivity contribution in [2.24, 2.45) is 0 Å². The zero-order chi connectivity index (χ0) is 22.7. The highest BCUT2D eigenvalue weighted by Crippen LogP contribution is 2.34. The van der Waals surface area contributed by atoms with E-state index >= 15 is 0 Å². The molecule has 1 amide bonds. The lowest BCUT2D eigenvalue weighted by molar-refractivity contribution is -0.135. The Bertz CT molecular complexity index is 1060. The smallest absolute Gasteiger partial charge is 0.240 e. The van der Waals surface area contributed by atoms with Crippen LogP contribution < -0.4 is 0 Å². The Morgan fingerprint density at radius 1 is 1.22 bits per heavy atom. The van der Waals surface area contributed by atoms with Crippen LogP contribution in [0.5, 0.6) is 0 Å². The molecule has 0 unspecified atom stereocenters. The molecular formula is C23H24ClFN4O2S. The van der Waals surface area contributed by atoms with E-state index in [4.69, 9.17) is 16.2 Å². The number of carbonyl (C=O) groups excluding carboxylic acids is 1. The van der Waals surface area contributed by atoms with E-state index in [1.807, 2.05) is 31.2 Å². The molecule has 9 heteroatoms. The number of aryl methyl sites for hydroxylation is 1. The Kier molecular flexibility index (Phi) is 7.13. The van der Waals surface area contributed by atoms with Crippen LogP contribution in [0.3, 0.4) is 0 Å². The highest BCUT2D eigenvalue weighted by Gasteiger charge is 2.38. The molecule has 2 heterocycles. The predicted octanol–water partition coefficient (Wildman–Crippen LogP) is 4.56. The molecule has 1 aliphatic rings. The number of likely N-dealkylation sites (N-methyl/N-ethyl adjacent to an activating group) is 1. The summed E-state index contributed by atoms with van der Waals surface area (Å²) in [7, 11) is 1.78. The van der Waals surface area contributed by atoms with Gasteiger partial charge in [0.2, 0.25) is 5.91 Å². The first kappa shape index (κ1) is 22.8. The molecule has 168 valence electrons. The minimum absolute atomic E-state index is 0.0311. The average molecular weight is 475 g/mol. The maximum Gasteiger partial charge on any atom is 0.240 e. The molecule has 1 aromatic heterocycles. The number of thioether (sulfide) groups is 1. The van der Waals surface area contributed by atoms with Gasteiger partial charge < -0.3 is 4.90 Å². The highest BCUT2D eigenvalue weighted by molar-refractivity contribution is 8.00. The summed E-state index contributed by atoms with van der Waals surface area (Å²) >= 11 is 7.71. The largest absolute Gasteiger partial charge is 0.338 e. The van der Waals surface area contributed by atoms with Gasteiger partial charge >= 0.3 is 0 Å². The van der Waals surface area contributed by atoms with E-state index in [1.165, 1.54) is 12.1 Å². The van der Waals surface area contributed by atoms with Gasteiger partial charge in [-0.1, -0.05) is 34.0 Å². The summed E-state index contributed by atoms with van der Waals surface area (Å²) in [6.45, 7) is 3.54. The molecule has 1 saturated heterocycles. The third kappa shape index (κ3) is 5.49. The molecule has 0 bridgehead atoms. The van der Waals surface area contributed by atoms with E-state index in [0.29, 0.717) is 35.9 Å². The summed E-state index contributed by atoms with van der Waals surface area (Å²) in [5, 5.41) is 8.59. The molecule has 4 rings (SSSR count). The number of nitrogens with zero attached hydrogens (tertiary/aromatic N) is 4. The molecule has 3 aromatic rings. The first-order chi connectivity index (χ1) is 15.4. The fourth-order valence-corrected chi connectivity index (χ4v) is 5.21. The molecule has 32 heavy (non-hydrogen) atoms. The van der Waals surface area contributed by atoms with Gasteiger partial charge in [-0.05, 0) is 55.3 Å². The average Bonchev–Trinajstić information content (AvgIpc) is 3.36. The zero-order valence-corrected chi connectivity index (χ0v) is 19.4. The second-order valence-electron chi connectivity index (χ2n) is 7.99. The normalized spacial score (nSPS) is 18.8. The van der Waals surface area contributed by atoms with Crippen LogP contribution in [0.2, 0.25) is 5.02 Å². The summed E-state index contributed by atoms with van der Waals surface area (Å²) in [5.41, 5.74) is 2.43. The number of amides is 1.